The second-order valence-electron chi connectivity index (χ2n) is 5.49. The van der Waals surface area contributed by atoms with Gasteiger partial charge in [0.1, 0.15) is 17.3 Å². The molecule has 5 nitrogen and oxygen atoms in total. The molecular formula is C19H12BrCl3N2O3. The minimum absolute atomic E-state index is 0.204. The Morgan fingerprint density at radius 3 is 2.68 bits per heavy atom. The van der Waals surface area contributed by atoms with E-state index in [1.807, 2.05) is 0 Å². The molecule has 0 saturated carbocycles. The lowest BCUT2D eigenvalue weighted by Gasteiger charge is -2.07. The number of ether oxygens (including phenoxy) is 1. The fourth-order valence-electron chi connectivity index (χ4n) is 2.16. The van der Waals surface area contributed by atoms with Crippen molar-refractivity contribution in [1.29, 1.82) is 0 Å². The van der Waals surface area contributed by atoms with E-state index in [9.17, 15) is 4.79 Å². The van der Waals surface area contributed by atoms with E-state index < -0.39 is 5.91 Å². The number of hydrazone groups is 1. The maximum Gasteiger partial charge on any atom is 0.277 e. The topological polar surface area (TPSA) is 63.8 Å². The molecule has 144 valence electrons. The van der Waals surface area contributed by atoms with Gasteiger partial charge in [-0.1, -0.05) is 34.8 Å². The predicted molar refractivity (Wildman–Crippen MR) is 115 cm³/mol. The SMILES string of the molecule is O=C(COc1ccc(Cl)cc1Br)N/N=C\c1ccc(-c2ccc(Cl)c(Cl)c2)o1. The van der Waals surface area contributed by atoms with Gasteiger partial charge in [0.15, 0.2) is 6.61 Å². The van der Waals surface area contributed by atoms with E-state index in [0.29, 0.717) is 36.8 Å². The molecule has 0 spiro atoms. The van der Waals surface area contributed by atoms with Gasteiger partial charge in [0.2, 0.25) is 0 Å². The van der Waals surface area contributed by atoms with Gasteiger partial charge in [-0.25, -0.2) is 5.43 Å². The third-order valence-electron chi connectivity index (χ3n) is 3.46. The first-order valence-corrected chi connectivity index (χ1v) is 9.80. The minimum atomic E-state index is -0.422. The summed E-state index contributed by atoms with van der Waals surface area (Å²) in [6, 6.07) is 13.7. The second-order valence-corrected chi connectivity index (χ2v) is 7.59. The number of benzene rings is 2. The lowest BCUT2D eigenvalue weighted by atomic mass is 10.2. The molecule has 0 aliphatic heterocycles. The highest BCUT2D eigenvalue weighted by Crippen LogP contribution is 2.29. The Morgan fingerprint density at radius 2 is 1.93 bits per heavy atom. The van der Waals surface area contributed by atoms with E-state index in [1.54, 1.807) is 48.5 Å². The van der Waals surface area contributed by atoms with Gasteiger partial charge in [-0.05, 0) is 64.5 Å². The summed E-state index contributed by atoms with van der Waals surface area (Å²) in [4.78, 5) is 11.8. The number of halogens is 4. The molecule has 0 atom stereocenters. The van der Waals surface area contributed by atoms with Crippen LogP contribution in [0, 0.1) is 0 Å². The van der Waals surface area contributed by atoms with Gasteiger partial charge in [-0.15, -0.1) is 0 Å². The van der Waals surface area contributed by atoms with Crippen molar-refractivity contribution in [3.8, 4) is 17.1 Å². The third kappa shape index (κ3) is 5.52. The molecule has 0 aliphatic rings. The molecule has 3 aromatic rings. The third-order valence-corrected chi connectivity index (χ3v) is 5.06. The van der Waals surface area contributed by atoms with Crippen LogP contribution >= 0.6 is 50.7 Å². The fraction of sp³-hybridized carbons (Fsp3) is 0.0526. The number of carbonyl (C=O) groups is 1. The molecule has 1 amide bonds. The highest BCUT2D eigenvalue weighted by atomic mass is 79.9. The summed E-state index contributed by atoms with van der Waals surface area (Å²) in [6.07, 6.45) is 1.39. The van der Waals surface area contributed by atoms with Crippen LogP contribution < -0.4 is 10.2 Å². The minimum Gasteiger partial charge on any atom is -0.483 e. The van der Waals surface area contributed by atoms with Crippen LogP contribution in [0.3, 0.4) is 0 Å². The lowest BCUT2D eigenvalue weighted by molar-refractivity contribution is -0.123. The molecule has 1 aromatic heterocycles. The molecule has 28 heavy (non-hydrogen) atoms. The molecule has 0 aliphatic carbocycles. The number of carbonyl (C=O) groups excluding carboxylic acids is 1. The Bertz CT molecular complexity index is 1040. The molecule has 1 N–H and O–H groups in total. The van der Waals surface area contributed by atoms with Crippen LogP contribution in [-0.4, -0.2) is 18.7 Å². The largest absolute Gasteiger partial charge is 0.483 e. The Morgan fingerprint density at radius 1 is 1.11 bits per heavy atom. The summed E-state index contributed by atoms with van der Waals surface area (Å²) in [5.74, 6) is 1.14. The molecule has 9 heteroatoms. The second kappa shape index (κ2) is 9.47. The first-order valence-electron chi connectivity index (χ1n) is 7.87. The lowest BCUT2D eigenvalue weighted by Crippen LogP contribution is -2.24. The Kier molecular flexibility index (Phi) is 7.02. The number of amides is 1. The zero-order valence-corrected chi connectivity index (χ0v) is 17.9. The molecule has 0 saturated heterocycles. The van der Waals surface area contributed by atoms with Crippen LogP contribution in [0.25, 0.3) is 11.3 Å². The molecule has 0 fully saturated rings. The average molecular weight is 503 g/mol. The highest BCUT2D eigenvalue weighted by Gasteiger charge is 2.07. The van der Waals surface area contributed by atoms with Crippen LogP contribution in [0.4, 0.5) is 0 Å². The normalized spacial score (nSPS) is 11.0. The summed E-state index contributed by atoms with van der Waals surface area (Å²) in [5.41, 5.74) is 3.14. The smallest absolute Gasteiger partial charge is 0.277 e. The van der Waals surface area contributed by atoms with Crippen LogP contribution in [0.1, 0.15) is 5.76 Å². The molecule has 0 bridgehead atoms. The Balaban J connectivity index is 1.53. The van der Waals surface area contributed by atoms with E-state index in [1.165, 1.54) is 6.21 Å². The van der Waals surface area contributed by atoms with Crippen molar-refractivity contribution < 1.29 is 13.9 Å². The molecule has 0 unspecified atom stereocenters. The zero-order chi connectivity index (χ0) is 20.1. The number of hydrogen-bond donors (Lipinski definition) is 1. The van der Waals surface area contributed by atoms with Crippen LogP contribution in [0.2, 0.25) is 15.1 Å². The number of furan rings is 1. The van der Waals surface area contributed by atoms with Gasteiger partial charge in [0.05, 0.1) is 20.7 Å². The van der Waals surface area contributed by atoms with Gasteiger partial charge < -0.3 is 9.15 Å². The van der Waals surface area contributed by atoms with E-state index >= 15 is 0 Å². The first-order chi connectivity index (χ1) is 13.4. The van der Waals surface area contributed by atoms with E-state index in [0.717, 1.165) is 5.56 Å². The number of rotatable bonds is 6. The average Bonchev–Trinajstić information content (AvgIpc) is 3.12. The van der Waals surface area contributed by atoms with Crippen molar-refractivity contribution in [2.75, 3.05) is 6.61 Å². The van der Waals surface area contributed by atoms with E-state index in [4.69, 9.17) is 44.0 Å². The summed E-state index contributed by atoms with van der Waals surface area (Å²) in [6.45, 7) is -0.204. The van der Waals surface area contributed by atoms with Crippen molar-refractivity contribution in [2.45, 2.75) is 0 Å². The summed E-state index contributed by atoms with van der Waals surface area (Å²) >= 11 is 21.1. The summed E-state index contributed by atoms with van der Waals surface area (Å²) in [7, 11) is 0. The molecule has 2 aromatic carbocycles. The van der Waals surface area contributed by atoms with Crippen molar-refractivity contribution in [2.24, 2.45) is 5.10 Å². The van der Waals surface area contributed by atoms with Gasteiger partial charge in [-0.2, -0.15) is 5.10 Å². The van der Waals surface area contributed by atoms with Crippen molar-refractivity contribution >= 4 is 62.9 Å². The maximum absolute atomic E-state index is 11.8. The van der Waals surface area contributed by atoms with Gasteiger partial charge in [-0.3, -0.25) is 4.79 Å². The monoisotopic (exact) mass is 500 g/mol. The summed E-state index contributed by atoms with van der Waals surface area (Å²) in [5, 5.41) is 5.32. The van der Waals surface area contributed by atoms with Gasteiger partial charge >= 0.3 is 0 Å². The van der Waals surface area contributed by atoms with Crippen molar-refractivity contribution in [3.05, 3.63) is 73.8 Å². The van der Waals surface area contributed by atoms with E-state index in [-0.39, 0.29) is 6.61 Å². The summed E-state index contributed by atoms with van der Waals surface area (Å²) < 4.78 is 11.7. The van der Waals surface area contributed by atoms with E-state index in [2.05, 4.69) is 26.5 Å². The number of nitrogens with one attached hydrogen (secondary N) is 1. The van der Waals surface area contributed by atoms with Crippen LogP contribution in [-0.2, 0) is 4.79 Å². The maximum atomic E-state index is 11.8. The van der Waals surface area contributed by atoms with Gasteiger partial charge in [0, 0.05) is 10.6 Å². The zero-order valence-electron chi connectivity index (χ0n) is 14.1. The quantitative estimate of drug-likeness (QED) is 0.323. The predicted octanol–water partition coefficient (Wildman–Crippen LogP) is 6.20. The van der Waals surface area contributed by atoms with Crippen molar-refractivity contribution in [1.82, 2.24) is 5.43 Å². The first kappa shape index (κ1) is 20.7. The molecule has 1 heterocycles. The standard InChI is InChI=1S/C19H12BrCl3N2O3/c20-14-8-12(21)2-5-18(14)27-10-19(26)25-24-9-13-3-6-17(28-13)11-1-4-15(22)16(23)7-11/h1-9H,10H2,(H,25,26)/b24-9-. The molecule has 0 radical (unpaired) electrons. The Labute approximate surface area is 184 Å². The number of hydrogen-bond acceptors (Lipinski definition) is 4. The van der Waals surface area contributed by atoms with Crippen molar-refractivity contribution in [3.63, 3.8) is 0 Å². The molecule has 3 rings (SSSR count). The number of nitrogens with zero attached hydrogens (tertiary/aromatic N) is 1. The van der Waals surface area contributed by atoms with Crippen LogP contribution in [0.5, 0.6) is 5.75 Å². The van der Waals surface area contributed by atoms with Gasteiger partial charge in [0.25, 0.3) is 5.91 Å². The Hall–Kier alpha value is -1.99. The highest BCUT2D eigenvalue weighted by molar-refractivity contribution is 9.10. The van der Waals surface area contributed by atoms with Crippen LogP contribution in [0.15, 0.2) is 62.5 Å². The molecular weight excluding hydrogens is 490 g/mol. The fourth-order valence-corrected chi connectivity index (χ4v) is 3.26.